The summed E-state index contributed by atoms with van der Waals surface area (Å²) >= 11 is 4.06. The van der Waals surface area contributed by atoms with Crippen LogP contribution >= 0.6 is 15.9 Å². The average molecular weight is 321 g/mol. The molecule has 2 fully saturated rings. The Labute approximate surface area is 126 Å². The smallest absolute Gasteiger partial charge is 0.0429 e. The highest BCUT2D eigenvalue weighted by Gasteiger charge is 2.48. The molecule has 2 aliphatic carbocycles. The van der Waals surface area contributed by atoms with Gasteiger partial charge in [-0.2, -0.15) is 0 Å². The summed E-state index contributed by atoms with van der Waals surface area (Å²) in [5, 5.41) is 0. The van der Waals surface area contributed by atoms with Crippen molar-refractivity contribution in [2.45, 2.75) is 58.7 Å². The van der Waals surface area contributed by atoms with Crippen LogP contribution in [-0.2, 0) is 0 Å². The molecular weight excluding hydrogens is 296 g/mol. The van der Waals surface area contributed by atoms with Gasteiger partial charge in [0.15, 0.2) is 0 Å². The van der Waals surface area contributed by atoms with Crippen molar-refractivity contribution in [1.82, 2.24) is 0 Å². The van der Waals surface area contributed by atoms with E-state index in [1.165, 1.54) is 47.1 Å². The maximum absolute atomic E-state index is 4.06. The Balaban J connectivity index is 1.99. The predicted octanol–water partition coefficient (Wildman–Crippen LogP) is 5.71. The van der Waals surface area contributed by atoms with Crippen LogP contribution in [0.1, 0.15) is 57.5 Å². The topological polar surface area (TPSA) is 0 Å². The van der Waals surface area contributed by atoms with Gasteiger partial charge in [-0.25, -0.2) is 0 Å². The molecule has 0 spiro atoms. The molecule has 1 aromatic carbocycles. The molecule has 0 saturated heterocycles. The van der Waals surface area contributed by atoms with E-state index in [0.717, 1.165) is 17.8 Å². The molecule has 0 radical (unpaired) electrons. The highest BCUT2D eigenvalue weighted by atomic mass is 79.9. The third kappa shape index (κ3) is 2.09. The maximum Gasteiger partial charge on any atom is 0.0429 e. The van der Waals surface area contributed by atoms with Crippen LogP contribution in [0.2, 0.25) is 0 Å². The first-order chi connectivity index (χ1) is 8.91. The monoisotopic (exact) mass is 320 g/mol. The first-order valence-corrected chi connectivity index (χ1v) is 8.54. The van der Waals surface area contributed by atoms with E-state index in [0.29, 0.717) is 4.83 Å². The molecule has 2 saturated carbocycles. The van der Waals surface area contributed by atoms with Crippen LogP contribution in [0.4, 0.5) is 0 Å². The molecule has 0 N–H and O–H groups in total. The summed E-state index contributed by atoms with van der Waals surface area (Å²) < 4.78 is 0. The maximum atomic E-state index is 4.06. The summed E-state index contributed by atoms with van der Waals surface area (Å²) in [6.07, 6.45) is 4.41. The summed E-state index contributed by atoms with van der Waals surface area (Å²) in [6.45, 7) is 11.5. The first-order valence-electron chi connectivity index (χ1n) is 7.62. The average Bonchev–Trinajstić information content (AvgIpc) is 3.00. The second kappa shape index (κ2) is 4.62. The molecule has 104 valence electrons. The molecule has 3 rings (SSSR count). The highest BCUT2D eigenvalue weighted by molar-refractivity contribution is 9.09. The fourth-order valence-corrected chi connectivity index (χ4v) is 5.30. The van der Waals surface area contributed by atoms with Crippen molar-refractivity contribution < 1.29 is 0 Å². The number of benzene rings is 1. The third-order valence-electron chi connectivity index (χ3n) is 6.03. The standard InChI is InChI=1S/C18H25Br/c1-9-10(2)12(4)17(13(5)11(9)3)18(19)16-7-14-6-15(14)8-16/h14-16,18H,6-8H2,1-5H3. The largest absolute Gasteiger partial charge is 0.0836 e. The Morgan fingerprint density at radius 1 is 0.737 bits per heavy atom. The van der Waals surface area contributed by atoms with Gasteiger partial charge in [-0.15, -0.1) is 0 Å². The van der Waals surface area contributed by atoms with Crippen molar-refractivity contribution in [1.29, 1.82) is 0 Å². The van der Waals surface area contributed by atoms with Crippen molar-refractivity contribution in [2.24, 2.45) is 17.8 Å². The van der Waals surface area contributed by atoms with Gasteiger partial charge in [0.2, 0.25) is 0 Å². The van der Waals surface area contributed by atoms with Gasteiger partial charge in [-0.05, 0) is 105 Å². The van der Waals surface area contributed by atoms with E-state index in [1.54, 1.807) is 5.56 Å². The quantitative estimate of drug-likeness (QED) is 0.612. The molecular formula is C18H25Br. The van der Waals surface area contributed by atoms with E-state index in [-0.39, 0.29) is 0 Å². The zero-order valence-corrected chi connectivity index (χ0v) is 14.4. The summed E-state index contributed by atoms with van der Waals surface area (Å²) in [5.41, 5.74) is 9.09. The highest BCUT2D eigenvalue weighted by Crippen LogP contribution is 2.59. The zero-order chi connectivity index (χ0) is 13.9. The minimum Gasteiger partial charge on any atom is -0.0836 e. The number of halogens is 1. The Bertz CT molecular complexity index is 490. The van der Waals surface area contributed by atoms with E-state index < -0.39 is 0 Å². The lowest BCUT2D eigenvalue weighted by Gasteiger charge is -2.26. The molecule has 0 nitrogen and oxygen atoms in total. The Kier molecular flexibility index (Phi) is 3.32. The van der Waals surface area contributed by atoms with Crippen LogP contribution in [0, 0.1) is 52.4 Å². The van der Waals surface area contributed by atoms with Crippen molar-refractivity contribution >= 4 is 15.9 Å². The van der Waals surface area contributed by atoms with E-state index in [1.807, 2.05) is 0 Å². The van der Waals surface area contributed by atoms with Gasteiger partial charge in [-0.1, -0.05) is 15.9 Å². The number of fused-ring (bicyclic) bond motifs is 1. The normalized spacial score (nSPS) is 30.3. The SMILES string of the molecule is Cc1c(C)c(C)c(C(Br)C2CC3CC3C2)c(C)c1C. The van der Waals surface area contributed by atoms with Crippen LogP contribution in [0.15, 0.2) is 0 Å². The van der Waals surface area contributed by atoms with Gasteiger partial charge in [0, 0.05) is 4.83 Å². The van der Waals surface area contributed by atoms with Gasteiger partial charge in [0.1, 0.15) is 0 Å². The number of rotatable bonds is 2. The second-order valence-electron chi connectivity index (χ2n) is 6.93. The van der Waals surface area contributed by atoms with Gasteiger partial charge >= 0.3 is 0 Å². The van der Waals surface area contributed by atoms with E-state index in [9.17, 15) is 0 Å². The van der Waals surface area contributed by atoms with Crippen molar-refractivity contribution in [3.8, 4) is 0 Å². The molecule has 3 atom stereocenters. The van der Waals surface area contributed by atoms with E-state index >= 15 is 0 Å². The predicted molar refractivity (Wildman–Crippen MR) is 86.1 cm³/mol. The molecule has 0 amide bonds. The van der Waals surface area contributed by atoms with Crippen molar-refractivity contribution in [3.05, 3.63) is 33.4 Å². The van der Waals surface area contributed by atoms with Crippen molar-refractivity contribution in [3.63, 3.8) is 0 Å². The summed E-state index contributed by atoms with van der Waals surface area (Å²) in [4.78, 5) is 0.568. The number of alkyl halides is 1. The second-order valence-corrected chi connectivity index (χ2v) is 7.91. The number of hydrogen-bond donors (Lipinski definition) is 0. The lowest BCUT2D eigenvalue weighted by molar-refractivity contribution is 0.479. The zero-order valence-electron chi connectivity index (χ0n) is 12.8. The Morgan fingerprint density at radius 2 is 1.16 bits per heavy atom. The van der Waals surface area contributed by atoms with Crippen LogP contribution in [0.3, 0.4) is 0 Å². The van der Waals surface area contributed by atoms with Crippen LogP contribution in [-0.4, -0.2) is 0 Å². The van der Waals surface area contributed by atoms with Crippen molar-refractivity contribution in [2.75, 3.05) is 0 Å². The summed E-state index contributed by atoms with van der Waals surface area (Å²) in [5.74, 6) is 3.00. The minimum atomic E-state index is 0.568. The molecule has 0 bridgehead atoms. The molecule has 1 heteroatoms. The molecule has 0 aromatic heterocycles. The third-order valence-corrected chi connectivity index (χ3v) is 7.23. The van der Waals surface area contributed by atoms with Gasteiger partial charge in [-0.3, -0.25) is 0 Å². The molecule has 0 aliphatic heterocycles. The lowest BCUT2D eigenvalue weighted by atomic mass is 9.84. The molecule has 1 aromatic rings. The van der Waals surface area contributed by atoms with E-state index in [2.05, 4.69) is 50.5 Å². The molecule has 0 heterocycles. The summed E-state index contributed by atoms with van der Waals surface area (Å²) in [6, 6.07) is 0. The molecule has 2 aliphatic rings. The Hall–Kier alpha value is -0.300. The first kappa shape index (κ1) is 13.7. The Morgan fingerprint density at radius 3 is 1.63 bits per heavy atom. The summed E-state index contributed by atoms with van der Waals surface area (Å²) in [7, 11) is 0. The van der Waals surface area contributed by atoms with Crippen LogP contribution < -0.4 is 0 Å². The van der Waals surface area contributed by atoms with E-state index in [4.69, 9.17) is 0 Å². The number of hydrogen-bond acceptors (Lipinski definition) is 0. The van der Waals surface area contributed by atoms with Crippen LogP contribution in [0.5, 0.6) is 0 Å². The molecule has 3 unspecified atom stereocenters. The van der Waals surface area contributed by atoms with Gasteiger partial charge in [0.05, 0.1) is 0 Å². The van der Waals surface area contributed by atoms with Crippen LogP contribution in [0.25, 0.3) is 0 Å². The molecule has 19 heavy (non-hydrogen) atoms. The fourth-order valence-electron chi connectivity index (χ4n) is 4.18. The minimum absolute atomic E-state index is 0.568. The fraction of sp³-hybridized carbons (Fsp3) is 0.667. The lowest BCUT2D eigenvalue weighted by Crippen LogP contribution is -2.11. The van der Waals surface area contributed by atoms with Gasteiger partial charge in [0.25, 0.3) is 0 Å². The van der Waals surface area contributed by atoms with Gasteiger partial charge < -0.3 is 0 Å².